The molecule has 0 saturated carbocycles. The molecule has 7 heteroatoms. The molecule has 16 heavy (non-hydrogen) atoms. The van der Waals surface area contributed by atoms with Crippen molar-refractivity contribution in [2.45, 2.75) is 0 Å². The van der Waals surface area contributed by atoms with Crippen LogP contribution in [0.2, 0.25) is 10.0 Å². The van der Waals surface area contributed by atoms with Crippen LogP contribution in [0.1, 0.15) is 0 Å². The van der Waals surface area contributed by atoms with E-state index in [4.69, 9.17) is 23.2 Å². The number of halogens is 3. The number of benzene rings is 1. The van der Waals surface area contributed by atoms with Gasteiger partial charge in [0.15, 0.2) is 0 Å². The fourth-order valence-electron chi connectivity index (χ4n) is 1.40. The molecule has 0 aliphatic carbocycles. The maximum atomic E-state index is 11.7. The number of imide groups is 1. The zero-order chi connectivity index (χ0) is 11.9. The third-order valence-electron chi connectivity index (χ3n) is 2.03. The van der Waals surface area contributed by atoms with Crippen LogP contribution in [-0.4, -0.2) is 21.6 Å². The second-order valence-corrected chi connectivity index (χ2v) is 5.20. The summed E-state index contributed by atoms with van der Waals surface area (Å²) in [5, 5.41) is 0.769. The van der Waals surface area contributed by atoms with Gasteiger partial charge in [-0.25, -0.2) is 9.69 Å². The van der Waals surface area contributed by atoms with E-state index in [9.17, 15) is 9.59 Å². The van der Waals surface area contributed by atoms with Crippen LogP contribution in [0.15, 0.2) is 18.2 Å². The largest absolute Gasteiger partial charge is 0.340 e. The van der Waals surface area contributed by atoms with Crippen molar-refractivity contribution >= 4 is 63.7 Å². The zero-order valence-corrected chi connectivity index (χ0v) is 11.5. The molecule has 84 valence electrons. The monoisotopic (exact) mass is 370 g/mol. The van der Waals surface area contributed by atoms with Crippen LogP contribution < -0.4 is 4.90 Å². The van der Waals surface area contributed by atoms with E-state index in [1.807, 2.05) is 0 Å². The molecule has 0 bridgehead atoms. The Morgan fingerprint density at radius 1 is 1.12 bits per heavy atom. The van der Waals surface area contributed by atoms with E-state index in [-0.39, 0.29) is 18.5 Å². The Balaban J connectivity index is 2.44. The molecule has 3 amide bonds. The zero-order valence-electron chi connectivity index (χ0n) is 7.78. The molecule has 0 spiro atoms. The van der Waals surface area contributed by atoms with Crippen LogP contribution in [0.3, 0.4) is 0 Å². The van der Waals surface area contributed by atoms with Crippen molar-refractivity contribution in [3.8, 4) is 0 Å². The molecule has 4 nitrogen and oxygen atoms in total. The van der Waals surface area contributed by atoms with E-state index in [0.717, 1.165) is 4.90 Å². The van der Waals surface area contributed by atoms with Crippen LogP contribution in [0.25, 0.3) is 0 Å². The SMILES string of the molecule is O=C1CN(I)C(=O)N1c1cc(Cl)cc(Cl)c1. The number of carbonyl (C=O) groups excluding carboxylic acids is 2. The molecule has 1 heterocycles. The van der Waals surface area contributed by atoms with Gasteiger partial charge in [-0.2, -0.15) is 0 Å². The molecule has 1 aliphatic heterocycles. The number of rotatable bonds is 1. The Morgan fingerprint density at radius 3 is 2.12 bits per heavy atom. The van der Waals surface area contributed by atoms with Crippen molar-refractivity contribution in [2.75, 3.05) is 11.4 Å². The Morgan fingerprint density at radius 2 is 1.69 bits per heavy atom. The van der Waals surface area contributed by atoms with Gasteiger partial charge in [-0.1, -0.05) is 23.2 Å². The number of hydrogen-bond acceptors (Lipinski definition) is 2. The molecular formula is C9H5Cl2IN2O2. The summed E-state index contributed by atoms with van der Waals surface area (Å²) >= 11 is 13.4. The highest BCUT2D eigenvalue weighted by atomic mass is 127. The maximum Gasteiger partial charge on any atom is 0.340 e. The average Bonchev–Trinajstić information content (AvgIpc) is 2.39. The van der Waals surface area contributed by atoms with Gasteiger partial charge in [0, 0.05) is 10.0 Å². The summed E-state index contributed by atoms with van der Waals surface area (Å²) in [4.78, 5) is 24.3. The smallest absolute Gasteiger partial charge is 0.272 e. The third kappa shape index (κ3) is 2.11. The number of carbonyl (C=O) groups is 2. The van der Waals surface area contributed by atoms with Crippen molar-refractivity contribution < 1.29 is 9.59 Å². The minimum atomic E-state index is -0.385. The lowest BCUT2D eigenvalue weighted by atomic mass is 10.3. The minimum Gasteiger partial charge on any atom is -0.272 e. The normalized spacial score (nSPS) is 16.2. The lowest BCUT2D eigenvalue weighted by Gasteiger charge is -2.13. The van der Waals surface area contributed by atoms with Gasteiger partial charge < -0.3 is 0 Å². The molecule has 1 saturated heterocycles. The minimum absolute atomic E-state index is 0.0591. The van der Waals surface area contributed by atoms with E-state index in [1.165, 1.54) is 15.2 Å². The van der Waals surface area contributed by atoms with Gasteiger partial charge in [0.1, 0.15) is 6.54 Å². The number of urea groups is 1. The van der Waals surface area contributed by atoms with Crippen LogP contribution in [0.4, 0.5) is 10.5 Å². The number of anilines is 1. The number of hydrogen-bond donors (Lipinski definition) is 0. The summed E-state index contributed by atoms with van der Waals surface area (Å²) in [5.41, 5.74) is 0.395. The van der Waals surface area contributed by atoms with Crippen LogP contribution >= 0.6 is 46.1 Å². The molecule has 0 unspecified atom stereocenters. The molecule has 0 N–H and O–H groups in total. The van der Waals surface area contributed by atoms with Crippen LogP contribution in [-0.2, 0) is 4.79 Å². The van der Waals surface area contributed by atoms with E-state index in [2.05, 4.69) is 0 Å². The fraction of sp³-hybridized carbons (Fsp3) is 0.111. The van der Waals surface area contributed by atoms with Gasteiger partial charge in [0.25, 0.3) is 5.91 Å². The summed E-state index contributed by atoms with van der Waals surface area (Å²) in [6.45, 7) is 0.0591. The highest BCUT2D eigenvalue weighted by Gasteiger charge is 2.36. The van der Waals surface area contributed by atoms with Crippen molar-refractivity contribution in [1.82, 2.24) is 3.11 Å². The molecular weight excluding hydrogens is 366 g/mol. The predicted molar refractivity (Wildman–Crippen MR) is 70.1 cm³/mol. The molecule has 1 aromatic rings. The number of amides is 3. The molecule has 0 radical (unpaired) electrons. The molecule has 1 aliphatic rings. The standard InChI is InChI=1S/C9H5Cl2IN2O2/c10-5-1-6(11)3-7(2-5)14-8(15)4-13(12)9(14)16/h1-3H,4H2. The molecule has 0 aromatic heterocycles. The fourth-order valence-corrected chi connectivity index (χ4v) is 2.42. The van der Waals surface area contributed by atoms with E-state index in [1.54, 1.807) is 28.9 Å². The molecule has 2 rings (SSSR count). The van der Waals surface area contributed by atoms with Crippen molar-refractivity contribution in [3.63, 3.8) is 0 Å². The van der Waals surface area contributed by atoms with Crippen molar-refractivity contribution in [1.29, 1.82) is 0 Å². The topological polar surface area (TPSA) is 40.6 Å². The Bertz CT molecular complexity index is 460. The summed E-state index contributed by atoms with van der Waals surface area (Å²) in [6.07, 6.45) is 0. The van der Waals surface area contributed by atoms with Gasteiger partial charge in [-0.05, 0) is 18.2 Å². The quantitative estimate of drug-likeness (QED) is 0.433. The summed E-state index contributed by atoms with van der Waals surface area (Å²) in [6, 6.07) is 4.21. The van der Waals surface area contributed by atoms with Gasteiger partial charge in [0.05, 0.1) is 28.6 Å². The first-order chi connectivity index (χ1) is 7.49. The van der Waals surface area contributed by atoms with Gasteiger partial charge in [0.2, 0.25) is 0 Å². The Kier molecular flexibility index (Phi) is 3.27. The van der Waals surface area contributed by atoms with Gasteiger partial charge >= 0.3 is 6.03 Å². The highest BCUT2D eigenvalue weighted by molar-refractivity contribution is 14.1. The van der Waals surface area contributed by atoms with Gasteiger partial charge in [-0.3, -0.25) is 7.91 Å². The van der Waals surface area contributed by atoms with Crippen LogP contribution in [0, 0.1) is 0 Å². The van der Waals surface area contributed by atoms with E-state index < -0.39 is 0 Å². The lowest BCUT2D eigenvalue weighted by Crippen LogP contribution is -2.30. The first kappa shape index (κ1) is 11.9. The van der Waals surface area contributed by atoms with Gasteiger partial charge in [-0.15, -0.1) is 0 Å². The van der Waals surface area contributed by atoms with Crippen LogP contribution in [0.5, 0.6) is 0 Å². The molecule has 0 atom stereocenters. The molecule has 1 fully saturated rings. The lowest BCUT2D eigenvalue weighted by molar-refractivity contribution is -0.116. The third-order valence-corrected chi connectivity index (χ3v) is 3.22. The molecule has 1 aromatic carbocycles. The Hall–Kier alpha value is -0.530. The second-order valence-electron chi connectivity index (χ2n) is 3.16. The number of nitrogens with zero attached hydrogens (tertiary/aromatic N) is 2. The van der Waals surface area contributed by atoms with Crippen molar-refractivity contribution in [3.05, 3.63) is 28.2 Å². The van der Waals surface area contributed by atoms with E-state index >= 15 is 0 Å². The summed E-state index contributed by atoms with van der Waals surface area (Å²) in [5.74, 6) is -0.294. The first-order valence-electron chi connectivity index (χ1n) is 4.25. The van der Waals surface area contributed by atoms with E-state index in [0.29, 0.717) is 15.7 Å². The predicted octanol–water partition coefficient (Wildman–Crippen LogP) is 3.11. The summed E-state index contributed by atoms with van der Waals surface area (Å²) in [7, 11) is 0. The van der Waals surface area contributed by atoms with Crippen molar-refractivity contribution in [2.24, 2.45) is 0 Å². The first-order valence-corrected chi connectivity index (χ1v) is 5.97. The maximum absolute atomic E-state index is 11.7. The Labute approximate surface area is 116 Å². The second kappa shape index (κ2) is 4.38. The summed E-state index contributed by atoms with van der Waals surface area (Å²) < 4.78 is 1.30. The highest BCUT2D eigenvalue weighted by Crippen LogP contribution is 2.29. The average molecular weight is 371 g/mol.